The van der Waals surface area contributed by atoms with E-state index in [1.165, 1.54) is 6.33 Å². The van der Waals surface area contributed by atoms with Crippen molar-refractivity contribution in [3.05, 3.63) is 12.2 Å². The zero-order chi connectivity index (χ0) is 15.5. The van der Waals surface area contributed by atoms with E-state index in [0.29, 0.717) is 17.3 Å². The van der Waals surface area contributed by atoms with E-state index in [2.05, 4.69) is 39.6 Å². The van der Waals surface area contributed by atoms with Crippen LogP contribution in [0.4, 0.5) is 0 Å². The molecule has 21 heavy (non-hydrogen) atoms. The van der Waals surface area contributed by atoms with Gasteiger partial charge in [0.05, 0.1) is 13.0 Å². The topological polar surface area (TPSA) is 52.8 Å². The number of thioether (sulfide) groups is 1. The van der Waals surface area contributed by atoms with Crippen LogP contribution >= 0.6 is 23.4 Å². The highest BCUT2D eigenvalue weighted by atomic mass is 35.5. The summed E-state index contributed by atoms with van der Waals surface area (Å²) in [4.78, 5) is 13.1. The number of nitrogens with zero attached hydrogens (tertiary/aromatic N) is 4. The molecule has 0 spiro atoms. The summed E-state index contributed by atoms with van der Waals surface area (Å²) in [6, 6.07) is 0. The quantitative estimate of drug-likeness (QED) is 0.728. The van der Waals surface area contributed by atoms with Crippen LogP contribution in [0.3, 0.4) is 0 Å². The van der Waals surface area contributed by atoms with Crippen molar-refractivity contribution in [2.24, 2.45) is 0 Å². The molecule has 0 aromatic carbocycles. The minimum absolute atomic E-state index is 0.159. The summed E-state index contributed by atoms with van der Waals surface area (Å²) >= 11 is 7.97. The molecule has 0 N–H and O–H groups in total. The molecule has 0 unspecified atom stereocenters. The maximum atomic E-state index is 6.08. The molecule has 0 aliphatic rings. The van der Waals surface area contributed by atoms with E-state index in [0.717, 1.165) is 30.9 Å². The predicted octanol–water partition coefficient (Wildman–Crippen LogP) is 3.50. The van der Waals surface area contributed by atoms with Crippen molar-refractivity contribution in [3.63, 3.8) is 0 Å². The Morgan fingerprint density at radius 3 is 2.57 bits per heavy atom. The molecule has 0 bridgehead atoms. The molecule has 7 heteroatoms. The molecule has 2 aromatic heterocycles. The van der Waals surface area contributed by atoms with E-state index >= 15 is 0 Å². The fraction of sp³-hybridized carbons (Fsp3) is 0.643. The highest BCUT2D eigenvalue weighted by molar-refractivity contribution is 8.00. The highest BCUT2D eigenvalue weighted by Gasteiger charge is 2.28. The average molecular weight is 329 g/mol. The van der Waals surface area contributed by atoms with Crippen molar-refractivity contribution >= 4 is 34.5 Å². The molecule has 0 saturated heterocycles. The van der Waals surface area contributed by atoms with Crippen LogP contribution in [0.15, 0.2) is 6.33 Å². The molecular weight excluding hydrogens is 308 g/mol. The largest absolute Gasteiger partial charge is 0.479 e. The number of ether oxygens (including phenoxy) is 1. The maximum absolute atomic E-state index is 6.08. The van der Waals surface area contributed by atoms with Crippen LogP contribution in [0.2, 0.25) is 0 Å². The van der Waals surface area contributed by atoms with E-state index in [9.17, 15) is 0 Å². The lowest BCUT2D eigenvalue weighted by Gasteiger charge is -2.30. The van der Waals surface area contributed by atoms with Crippen molar-refractivity contribution in [3.8, 4) is 5.88 Å². The lowest BCUT2D eigenvalue weighted by molar-refractivity contribution is 0.401. The Balaban J connectivity index is 2.57. The van der Waals surface area contributed by atoms with Gasteiger partial charge in [-0.15, -0.1) is 11.6 Å². The normalized spacial score (nSPS) is 12.0. The molecule has 0 amide bonds. The fourth-order valence-corrected chi connectivity index (χ4v) is 3.53. The molecule has 116 valence electrons. The Labute approximate surface area is 134 Å². The zero-order valence-corrected chi connectivity index (χ0v) is 14.5. The first kappa shape index (κ1) is 16.4. The van der Waals surface area contributed by atoms with Gasteiger partial charge in [0, 0.05) is 11.3 Å². The monoisotopic (exact) mass is 328 g/mol. The van der Waals surface area contributed by atoms with Gasteiger partial charge in [0.25, 0.3) is 0 Å². The number of imidazole rings is 1. The lowest BCUT2D eigenvalue weighted by atomic mass is 10.0. The average Bonchev–Trinajstić information content (AvgIpc) is 2.90. The second-order valence-electron chi connectivity index (χ2n) is 4.90. The molecule has 0 atom stereocenters. The van der Waals surface area contributed by atoms with Gasteiger partial charge in [0.1, 0.15) is 12.2 Å². The Hall–Kier alpha value is -1.01. The van der Waals surface area contributed by atoms with Gasteiger partial charge in [0.15, 0.2) is 11.2 Å². The number of alkyl halides is 1. The zero-order valence-electron chi connectivity index (χ0n) is 12.9. The Morgan fingerprint density at radius 1 is 1.33 bits per heavy atom. The first-order chi connectivity index (χ1) is 10.1. The summed E-state index contributed by atoms with van der Waals surface area (Å²) in [5, 5.41) is 0. The van der Waals surface area contributed by atoms with E-state index in [1.54, 1.807) is 7.11 Å². The number of aromatic nitrogens is 4. The molecule has 2 rings (SSSR count). The second-order valence-corrected chi connectivity index (χ2v) is 6.44. The number of hydrogen-bond acceptors (Lipinski definition) is 5. The van der Waals surface area contributed by atoms with E-state index in [-0.39, 0.29) is 4.75 Å². The molecular formula is C14H21ClN4OS. The summed E-state index contributed by atoms with van der Waals surface area (Å²) in [7, 11) is 1.59. The van der Waals surface area contributed by atoms with Gasteiger partial charge < -0.3 is 9.30 Å². The van der Waals surface area contributed by atoms with E-state index < -0.39 is 0 Å². The standard InChI is InChI=1S/C14H21ClN4OS/c1-5-14(6-2,21-4)8-19-10(7-15)18-11-12(19)16-9-17-13(11)20-3/h9H,5-8H2,1-4H3. The van der Waals surface area contributed by atoms with Crippen molar-refractivity contribution < 1.29 is 4.74 Å². The predicted molar refractivity (Wildman–Crippen MR) is 88.3 cm³/mol. The summed E-state index contributed by atoms with van der Waals surface area (Å²) in [6.07, 6.45) is 5.82. The van der Waals surface area contributed by atoms with Gasteiger partial charge in [-0.25, -0.2) is 9.97 Å². The first-order valence-electron chi connectivity index (χ1n) is 6.99. The van der Waals surface area contributed by atoms with Crippen LogP contribution in [-0.2, 0) is 12.4 Å². The van der Waals surface area contributed by atoms with Crippen molar-refractivity contribution in [1.82, 2.24) is 19.5 Å². The highest BCUT2D eigenvalue weighted by Crippen LogP contribution is 2.34. The van der Waals surface area contributed by atoms with Crippen molar-refractivity contribution in [1.29, 1.82) is 0 Å². The van der Waals surface area contributed by atoms with Crippen molar-refractivity contribution in [2.45, 2.75) is 43.9 Å². The Bertz CT molecular complexity index is 604. The van der Waals surface area contributed by atoms with Crippen LogP contribution in [0.5, 0.6) is 5.88 Å². The fourth-order valence-electron chi connectivity index (χ4n) is 2.49. The van der Waals surface area contributed by atoms with Crippen LogP contribution in [0.25, 0.3) is 11.2 Å². The van der Waals surface area contributed by atoms with Crippen LogP contribution in [0.1, 0.15) is 32.5 Å². The molecule has 2 aromatic rings. The number of fused-ring (bicyclic) bond motifs is 1. The minimum atomic E-state index is 0.159. The smallest absolute Gasteiger partial charge is 0.245 e. The van der Waals surface area contributed by atoms with Gasteiger partial charge >= 0.3 is 0 Å². The number of halogens is 1. The summed E-state index contributed by atoms with van der Waals surface area (Å²) in [6.45, 7) is 5.27. The van der Waals surface area contributed by atoms with Gasteiger partial charge in [0.2, 0.25) is 5.88 Å². The second kappa shape index (κ2) is 6.83. The van der Waals surface area contributed by atoms with Crippen LogP contribution in [-0.4, -0.2) is 37.6 Å². The van der Waals surface area contributed by atoms with Gasteiger partial charge in [-0.05, 0) is 19.1 Å². The molecule has 0 radical (unpaired) electrons. The Kier molecular flexibility index (Phi) is 5.32. The molecule has 0 aliphatic heterocycles. The van der Waals surface area contributed by atoms with E-state index in [1.807, 2.05) is 11.8 Å². The van der Waals surface area contributed by atoms with Crippen molar-refractivity contribution in [2.75, 3.05) is 13.4 Å². The summed E-state index contributed by atoms with van der Waals surface area (Å²) < 4.78 is 7.54. The summed E-state index contributed by atoms with van der Waals surface area (Å²) in [5.74, 6) is 1.65. The SMILES string of the molecule is CCC(CC)(Cn1c(CCl)nc2c(OC)ncnc21)SC. The molecule has 2 heterocycles. The minimum Gasteiger partial charge on any atom is -0.479 e. The summed E-state index contributed by atoms with van der Waals surface area (Å²) in [5.41, 5.74) is 1.47. The lowest BCUT2D eigenvalue weighted by Crippen LogP contribution is -2.29. The number of methoxy groups -OCH3 is 1. The third-order valence-corrected chi connectivity index (χ3v) is 5.87. The maximum Gasteiger partial charge on any atom is 0.245 e. The van der Waals surface area contributed by atoms with Gasteiger partial charge in [-0.3, -0.25) is 0 Å². The van der Waals surface area contributed by atoms with Gasteiger partial charge in [-0.2, -0.15) is 16.7 Å². The molecule has 0 aliphatic carbocycles. The number of hydrogen-bond donors (Lipinski definition) is 0. The van der Waals surface area contributed by atoms with Crippen LogP contribution < -0.4 is 4.74 Å². The first-order valence-corrected chi connectivity index (χ1v) is 8.75. The third kappa shape index (κ3) is 2.97. The van der Waals surface area contributed by atoms with Gasteiger partial charge in [-0.1, -0.05) is 13.8 Å². The van der Waals surface area contributed by atoms with Crippen LogP contribution in [0, 0.1) is 0 Å². The van der Waals surface area contributed by atoms with E-state index in [4.69, 9.17) is 16.3 Å². The third-order valence-electron chi connectivity index (χ3n) is 4.06. The molecule has 0 saturated carbocycles. The molecule has 5 nitrogen and oxygen atoms in total. The number of rotatable bonds is 7. The Morgan fingerprint density at radius 2 is 2.05 bits per heavy atom. The molecule has 0 fully saturated rings.